The smallest absolute Gasteiger partial charge is 0.242 e. The number of likely N-dealkylation sites (tertiary alicyclic amines) is 1. The van der Waals surface area contributed by atoms with Crippen molar-refractivity contribution < 1.29 is 8.78 Å². The molecular formula is C18H27F2N3. The molecule has 1 aromatic rings. The van der Waals surface area contributed by atoms with Crippen LogP contribution in [0.15, 0.2) is 18.2 Å². The van der Waals surface area contributed by atoms with E-state index in [1.807, 2.05) is 12.1 Å². The number of alkyl halides is 2. The number of anilines is 2. The van der Waals surface area contributed by atoms with Gasteiger partial charge in [0.2, 0.25) is 6.43 Å². The Morgan fingerprint density at radius 3 is 2.39 bits per heavy atom. The van der Waals surface area contributed by atoms with Gasteiger partial charge >= 0.3 is 0 Å². The van der Waals surface area contributed by atoms with Crippen LogP contribution in [0.3, 0.4) is 0 Å². The van der Waals surface area contributed by atoms with Gasteiger partial charge in [0.15, 0.2) is 0 Å². The van der Waals surface area contributed by atoms with E-state index in [9.17, 15) is 8.78 Å². The fraction of sp³-hybridized carbons (Fsp3) is 0.667. The fourth-order valence-corrected chi connectivity index (χ4v) is 3.90. The highest BCUT2D eigenvalue weighted by molar-refractivity contribution is 5.59. The first-order chi connectivity index (χ1) is 11.1. The second kappa shape index (κ2) is 7.47. The minimum atomic E-state index is -2.35. The number of benzene rings is 1. The van der Waals surface area contributed by atoms with E-state index < -0.39 is 6.43 Å². The number of nitrogen functional groups attached to an aromatic ring is 1. The van der Waals surface area contributed by atoms with Crippen LogP contribution in [0.1, 0.15) is 37.7 Å². The van der Waals surface area contributed by atoms with Crippen molar-refractivity contribution in [3.05, 3.63) is 23.8 Å². The lowest BCUT2D eigenvalue weighted by molar-refractivity contribution is 0.141. The highest BCUT2D eigenvalue weighted by atomic mass is 19.3. The van der Waals surface area contributed by atoms with Crippen LogP contribution in [0.25, 0.3) is 0 Å². The Hall–Kier alpha value is -1.36. The molecule has 0 atom stereocenters. The van der Waals surface area contributed by atoms with Gasteiger partial charge in [-0.05, 0) is 62.5 Å². The normalized spacial score (nSPS) is 21.1. The van der Waals surface area contributed by atoms with Crippen LogP contribution in [-0.4, -0.2) is 43.5 Å². The molecule has 0 aliphatic carbocycles. The van der Waals surface area contributed by atoms with Gasteiger partial charge in [0, 0.05) is 36.9 Å². The third-order valence-corrected chi connectivity index (χ3v) is 5.24. The second-order valence-electron chi connectivity index (χ2n) is 6.79. The summed E-state index contributed by atoms with van der Waals surface area (Å²) in [4.78, 5) is 4.96. The SMILES string of the molecule is Nc1ccc(N2CCC(N3CCCCC3)CC2)cc1CC(F)F. The summed E-state index contributed by atoms with van der Waals surface area (Å²) in [5.41, 5.74) is 7.90. The van der Waals surface area contributed by atoms with E-state index in [1.165, 1.54) is 32.4 Å². The maximum Gasteiger partial charge on any atom is 0.242 e. The molecule has 23 heavy (non-hydrogen) atoms. The van der Waals surface area contributed by atoms with Crippen molar-refractivity contribution in [1.29, 1.82) is 0 Å². The maximum atomic E-state index is 12.7. The lowest BCUT2D eigenvalue weighted by Crippen LogP contribution is -2.46. The molecule has 0 bridgehead atoms. The molecule has 1 aromatic carbocycles. The third kappa shape index (κ3) is 4.14. The molecule has 2 aliphatic rings. The van der Waals surface area contributed by atoms with Gasteiger partial charge in [-0.25, -0.2) is 8.78 Å². The van der Waals surface area contributed by atoms with Crippen LogP contribution in [0.2, 0.25) is 0 Å². The molecular weight excluding hydrogens is 296 g/mol. The zero-order valence-corrected chi connectivity index (χ0v) is 13.7. The van der Waals surface area contributed by atoms with Gasteiger partial charge in [-0.3, -0.25) is 0 Å². The zero-order chi connectivity index (χ0) is 16.2. The molecule has 0 spiro atoms. The van der Waals surface area contributed by atoms with Crippen LogP contribution >= 0.6 is 0 Å². The number of nitrogens with zero attached hydrogens (tertiary/aromatic N) is 2. The summed E-state index contributed by atoms with van der Waals surface area (Å²) in [7, 11) is 0. The molecule has 2 fully saturated rings. The molecule has 0 saturated carbocycles. The lowest BCUT2D eigenvalue weighted by Gasteiger charge is -2.41. The Balaban J connectivity index is 1.60. The number of rotatable bonds is 4. The molecule has 128 valence electrons. The monoisotopic (exact) mass is 323 g/mol. The molecule has 0 amide bonds. The molecule has 3 rings (SSSR count). The predicted molar refractivity (Wildman–Crippen MR) is 91.2 cm³/mol. The van der Waals surface area contributed by atoms with Gasteiger partial charge in [0.1, 0.15) is 0 Å². The molecule has 0 unspecified atom stereocenters. The highest BCUT2D eigenvalue weighted by Crippen LogP contribution is 2.28. The number of halogens is 2. The Morgan fingerprint density at radius 1 is 1.04 bits per heavy atom. The number of nitrogens with two attached hydrogens (primary N) is 1. The molecule has 0 aromatic heterocycles. The van der Waals surface area contributed by atoms with Gasteiger partial charge in [0.25, 0.3) is 0 Å². The number of hydrogen-bond donors (Lipinski definition) is 1. The van der Waals surface area contributed by atoms with Gasteiger partial charge in [-0.1, -0.05) is 6.42 Å². The summed E-state index contributed by atoms with van der Waals surface area (Å²) in [5.74, 6) is 0. The van der Waals surface area contributed by atoms with Crippen LogP contribution < -0.4 is 10.6 Å². The van der Waals surface area contributed by atoms with Gasteiger partial charge in [0.05, 0.1) is 0 Å². The summed E-state index contributed by atoms with van der Waals surface area (Å²) < 4.78 is 25.3. The van der Waals surface area contributed by atoms with E-state index in [1.54, 1.807) is 6.07 Å². The number of hydrogen-bond acceptors (Lipinski definition) is 3. The summed E-state index contributed by atoms with van der Waals surface area (Å²) in [6.45, 7) is 4.48. The first-order valence-electron chi connectivity index (χ1n) is 8.79. The second-order valence-corrected chi connectivity index (χ2v) is 6.79. The maximum absolute atomic E-state index is 12.7. The Morgan fingerprint density at radius 2 is 1.74 bits per heavy atom. The van der Waals surface area contributed by atoms with Crippen molar-refractivity contribution in [1.82, 2.24) is 4.90 Å². The lowest BCUT2D eigenvalue weighted by atomic mass is 9.99. The minimum Gasteiger partial charge on any atom is -0.399 e. The van der Waals surface area contributed by atoms with Crippen molar-refractivity contribution in [2.75, 3.05) is 36.8 Å². The van der Waals surface area contributed by atoms with Gasteiger partial charge in [-0.2, -0.15) is 0 Å². The van der Waals surface area contributed by atoms with Crippen molar-refractivity contribution >= 4 is 11.4 Å². The van der Waals surface area contributed by atoms with E-state index in [0.717, 1.165) is 31.6 Å². The zero-order valence-electron chi connectivity index (χ0n) is 13.7. The average Bonchev–Trinajstić information content (AvgIpc) is 2.57. The summed E-state index contributed by atoms with van der Waals surface area (Å²) in [6.07, 6.45) is 3.74. The molecule has 2 N–H and O–H groups in total. The van der Waals surface area contributed by atoms with Gasteiger partial charge in [-0.15, -0.1) is 0 Å². The van der Waals surface area contributed by atoms with Crippen molar-refractivity contribution in [3.8, 4) is 0 Å². The summed E-state index contributed by atoms with van der Waals surface area (Å²) in [6, 6.07) is 6.28. The van der Waals surface area contributed by atoms with Crippen molar-refractivity contribution in [2.24, 2.45) is 0 Å². The largest absolute Gasteiger partial charge is 0.399 e. The van der Waals surface area contributed by atoms with E-state index >= 15 is 0 Å². The standard InChI is InChI=1S/C18H27F2N3/c19-18(20)13-14-12-16(4-5-17(14)21)23-10-6-15(7-11-23)22-8-2-1-3-9-22/h4-5,12,15,18H,1-3,6-11,13,21H2. The minimum absolute atomic E-state index is 0.260. The fourth-order valence-electron chi connectivity index (χ4n) is 3.90. The van der Waals surface area contributed by atoms with E-state index in [0.29, 0.717) is 17.3 Å². The Bertz CT molecular complexity index is 507. The predicted octanol–water partition coefficient (Wildman–Crippen LogP) is 3.53. The first-order valence-corrected chi connectivity index (χ1v) is 8.79. The highest BCUT2D eigenvalue weighted by Gasteiger charge is 2.25. The van der Waals surface area contributed by atoms with Crippen LogP contribution in [0, 0.1) is 0 Å². The average molecular weight is 323 g/mol. The molecule has 5 heteroatoms. The van der Waals surface area contributed by atoms with E-state index in [4.69, 9.17) is 5.73 Å². The summed E-state index contributed by atoms with van der Waals surface area (Å²) >= 11 is 0. The quantitative estimate of drug-likeness (QED) is 0.860. The van der Waals surface area contributed by atoms with Crippen molar-refractivity contribution in [3.63, 3.8) is 0 Å². The molecule has 2 aliphatic heterocycles. The summed E-state index contributed by atoms with van der Waals surface area (Å²) in [5, 5.41) is 0. The Kier molecular flexibility index (Phi) is 5.36. The van der Waals surface area contributed by atoms with Crippen molar-refractivity contribution in [2.45, 2.75) is 51.0 Å². The molecule has 0 radical (unpaired) electrons. The first kappa shape index (κ1) is 16.5. The molecule has 2 saturated heterocycles. The van der Waals surface area contributed by atoms with Crippen LogP contribution in [0.4, 0.5) is 20.2 Å². The Labute approximate surface area is 137 Å². The van der Waals surface area contributed by atoms with E-state index in [-0.39, 0.29) is 6.42 Å². The van der Waals surface area contributed by atoms with E-state index in [2.05, 4.69) is 9.80 Å². The van der Waals surface area contributed by atoms with Crippen LogP contribution in [-0.2, 0) is 6.42 Å². The van der Waals surface area contributed by atoms with Crippen LogP contribution in [0.5, 0.6) is 0 Å². The molecule has 2 heterocycles. The third-order valence-electron chi connectivity index (χ3n) is 5.24. The number of piperidine rings is 2. The topological polar surface area (TPSA) is 32.5 Å². The van der Waals surface area contributed by atoms with Gasteiger partial charge < -0.3 is 15.5 Å². The molecule has 3 nitrogen and oxygen atoms in total.